The molecule has 0 saturated carbocycles. The maximum absolute atomic E-state index is 12.8. The molecule has 1 aromatic carbocycles. The standard InChI is InChI=1S/C18H14IN3O3S/c19-12-5-2-1-4-11(12)17(24)22-8-7-13-15(10-22)26-18(20-13)21-16(23)14-6-3-9-25-14/h1-6,9H,7-8,10H2,(H,20,21,23). The number of carbonyl (C=O) groups is 2. The number of carbonyl (C=O) groups excluding carboxylic acids is 2. The highest BCUT2D eigenvalue weighted by Gasteiger charge is 2.26. The van der Waals surface area contributed by atoms with Gasteiger partial charge in [0, 0.05) is 21.4 Å². The number of hydrogen-bond donors (Lipinski definition) is 1. The van der Waals surface area contributed by atoms with Crippen LogP contribution in [0, 0.1) is 3.57 Å². The van der Waals surface area contributed by atoms with E-state index >= 15 is 0 Å². The summed E-state index contributed by atoms with van der Waals surface area (Å²) in [6.45, 7) is 1.12. The van der Waals surface area contributed by atoms with E-state index in [-0.39, 0.29) is 17.6 Å². The SMILES string of the molecule is O=C(Nc1nc2c(s1)CN(C(=O)c1ccccc1I)CC2)c1ccco1. The van der Waals surface area contributed by atoms with Crippen molar-refractivity contribution in [2.24, 2.45) is 0 Å². The maximum Gasteiger partial charge on any atom is 0.293 e. The average molecular weight is 479 g/mol. The minimum atomic E-state index is -0.326. The molecule has 132 valence electrons. The van der Waals surface area contributed by atoms with Crippen molar-refractivity contribution >= 4 is 50.9 Å². The largest absolute Gasteiger partial charge is 0.459 e. The van der Waals surface area contributed by atoms with Gasteiger partial charge in [0.15, 0.2) is 10.9 Å². The van der Waals surface area contributed by atoms with Crippen LogP contribution in [0.5, 0.6) is 0 Å². The van der Waals surface area contributed by atoms with Crippen LogP contribution in [0.25, 0.3) is 0 Å². The Hall–Kier alpha value is -2.20. The smallest absolute Gasteiger partial charge is 0.293 e. The number of benzene rings is 1. The Kier molecular flexibility index (Phi) is 4.77. The Balaban J connectivity index is 1.49. The van der Waals surface area contributed by atoms with Gasteiger partial charge in [0.05, 0.1) is 24.1 Å². The van der Waals surface area contributed by atoms with E-state index in [2.05, 4.69) is 32.9 Å². The van der Waals surface area contributed by atoms with Crippen LogP contribution in [-0.2, 0) is 13.0 Å². The normalized spacial score (nSPS) is 13.3. The molecule has 0 fully saturated rings. The number of rotatable bonds is 3. The van der Waals surface area contributed by atoms with Crippen molar-refractivity contribution in [3.63, 3.8) is 0 Å². The second kappa shape index (κ2) is 7.20. The minimum absolute atomic E-state index is 0.0234. The zero-order valence-corrected chi connectivity index (χ0v) is 16.5. The van der Waals surface area contributed by atoms with E-state index in [0.29, 0.717) is 30.2 Å². The van der Waals surface area contributed by atoms with E-state index in [9.17, 15) is 9.59 Å². The predicted octanol–water partition coefficient (Wildman–Crippen LogP) is 3.79. The molecule has 0 radical (unpaired) electrons. The summed E-state index contributed by atoms with van der Waals surface area (Å²) in [5, 5.41) is 3.28. The summed E-state index contributed by atoms with van der Waals surface area (Å²) in [5.74, 6) is -0.0586. The molecular formula is C18H14IN3O3S. The second-order valence-corrected chi connectivity index (χ2v) is 8.02. The third-order valence-electron chi connectivity index (χ3n) is 4.09. The molecule has 3 aromatic rings. The molecule has 0 saturated heterocycles. The van der Waals surface area contributed by atoms with E-state index in [1.165, 1.54) is 17.6 Å². The lowest BCUT2D eigenvalue weighted by atomic mass is 10.1. The molecule has 1 N–H and O–H groups in total. The summed E-state index contributed by atoms with van der Waals surface area (Å²) in [6.07, 6.45) is 2.13. The van der Waals surface area contributed by atoms with Crippen molar-refractivity contribution in [3.8, 4) is 0 Å². The molecule has 0 aliphatic carbocycles. The van der Waals surface area contributed by atoms with Gasteiger partial charge < -0.3 is 9.32 Å². The highest BCUT2D eigenvalue weighted by Crippen LogP contribution is 2.29. The first-order valence-electron chi connectivity index (χ1n) is 7.99. The molecule has 26 heavy (non-hydrogen) atoms. The number of fused-ring (bicyclic) bond motifs is 1. The highest BCUT2D eigenvalue weighted by atomic mass is 127. The Bertz CT molecular complexity index is 968. The number of amides is 2. The first-order valence-corrected chi connectivity index (χ1v) is 9.88. The predicted molar refractivity (Wildman–Crippen MR) is 106 cm³/mol. The molecular weight excluding hydrogens is 465 g/mol. The molecule has 4 rings (SSSR count). The summed E-state index contributed by atoms with van der Waals surface area (Å²) < 4.78 is 6.03. The molecule has 0 bridgehead atoms. The molecule has 1 aliphatic heterocycles. The van der Waals surface area contributed by atoms with Crippen molar-refractivity contribution in [1.82, 2.24) is 9.88 Å². The van der Waals surface area contributed by atoms with Gasteiger partial charge in [-0.05, 0) is 46.9 Å². The first kappa shape index (κ1) is 17.2. The van der Waals surface area contributed by atoms with Gasteiger partial charge in [-0.2, -0.15) is 0 Å². The number of furan rings is 1. The van der Waals surface area contributed by atoms with E-state index in [1.807, 2.05) is 29.2 Å². The summed E-state index contributed by atoms with van der Waals surface area (Å²) in [7, 11) is 0. The summed E-state index contributed by atoms with van der Waals surface area (Å²) in [5.41, 5.74) is 1.66. The fraction of sp³-hybridized carbons (Fsp3) is 0.167. The van der Waals surface area contributed by atoms with Gasteiger partial charge in [0.25, 0.3) is 11.8 Å². The number of anilines is 1. The van der Waals surface area contributed by atoms with E-state index in [1.54, 1.807) is 12.1 Å². The monoisotopic (exact) mass is 479 g/mol. The lowest BCUT2D eigenvalue weighted by molar-refractivity contribution is 0.0735. The molecule has 0 unspecified atom stereocenters. The third-order valence-corrected chi connectivity index (χ3v) is 6.03. The number of aromatic nitrogens is 1. The van der Waals surface area contributed by atoms with Crippen molar-refractivity contribution < 1.29 is 14.0 Å². The number of nitrogens with zero attached hydrogens (tertiary/aromatic N) is 2. The van der Waals surface area contributed by atoms with Crippen LogP contribution in [0.4, 0.5) is 5.13 Å². The van der Waals surface area contributed by atoms with Crippen molar-refractivity contribution in [1.29, 1.82) is 0 Å². The van der Waals surface area contributed by atoms with Crippen molar-refractivity contribution in [3.05, 3.63) is 68.1 Å². The summed E-state index contributed by atoms with van der Waals surface area (Å²) in [4.78, 5) is 32.2. The lowest BCUT2D eigenvalue weighted by Gasteiger charge is -2.26. The van der Waals surface area contributed by atoms with Crippen LogP contribution in [0.2, 0.25) is 0 Å². The average Bonchev–Trinajstić information content (AvgIpc) is 3.30. The molecule has 0 spiro atoms. The summed E-state index contributed by atoms with van der Waals surface area (Å²) >= 11 is 3.58. The van der Waals surface area contributed by atoms with Crippen LogP contribution >= 0.6 is 33.9 Å². The fourth-order valence-electron chi connectivity index (χ4n) is 2.79. The second-order valence-electron chi connectivity index (χ2n) is 5.78. The van der Waals surface area contributed by atoms with Crippen molar-refractivity contribution in [2.45, 2.75) is 13.0 Å². The van der Waals surface area contributed by atoms with Gasteiger partial charge in [-0.3, -0.25) is 14.9 Å². The van der Waals surface area contributed by atoms with E-state index in [0.717, 1.165) is 14.1 Å². The molecule has 0 atom stereocenters. The Morgan fingerprint density at radius 3 is 2.85 bits per heavy atom. The number of halogens is 1. The number of nitrogens with one attached hydrogen (secondary N) is 1. The maximum atomic E-state index is 12.8. The summed E-state index contributed by atoms with van der Waals surface area (Å²) in [6, 6.07) is 10.8. The zero-order chi connectivity index (χ0) is 18.1. The van der Waals surface area contributed by atoms with E-state index < -0.39 is 0 Å². The lowest BCUT2D eigenvalue weighted by Crippen LogP contribution is -2.35. The topological polar surface area (TPSA) is 75.4 Å². The Morgan fingerprint density at radius 1 is 1.23 bits per heavy atom. The van der Waals surface area contributed by atoms with Gasteiger partial charge in [-0.15, -0.1) is 0 Å². The first-order chi connectivity index (χ1) is 12.6. The van der Waals surface area contributed by atoms with Gasteiger partial charge in [0.2, 0.25) is 0 Å². The Morgan fingerprint density at radius 2 is 2.08 bits per heavy atom. The van der Waals surface area contributed by atoms with Gasteiger partial charge in [-0.25, -0.2) is 4.98 Å². The third kappa shape index (κ3) is 3.38. The number of thiazole rings is 1. The molecule has 2 amide bonds. The molecule has 1 aliphatic rings. The van der Waals surface area contributed by atoms with Gasteiger partial charge in [0.1, 0.15) is 0 Å². The molecule has 6 nitrogen and oxygen atoms in total. The minimum Gasteiger partial charge on any atom is -0.459 e. The van der Waals surface area contributed by atoms with Crippen LogP contribution < -0.4 is 5.32 Å². The van der Waals surface area contributed by atoms with Gasteiger partial charge in [-0.1, -0.05) is 23.5 Å². The van der Waals surface area contributed by atoms with Crippen LogP contribution in [0.1, 0.15) is 31.5 Å². The number of hydrogen-bond acceptors (Lipinski definition) is 5. The van der Waals surface area contributed by atoms with E-state index in [4.69, 9.17) is 4.42 Å². The van der Waals surface area contributed by atoms with Gasteiger partial charge >= 0.3 is 0 Å². The van der Waals surface area contributed by atoms with Crippen LogP contribution in [0.15, 0.2) is 47.1 Å². The highest BCUT2D eigenvalue weighted by molar-refractivity contribution is 14.1. The Labute approximate surface area is 167 Å². The van der Waals surface area contributed by atoms with Crippen LogP contribution in [-0.4, -0.2) is 28.2 Å². The molecule has 3 heterocycles. The van der Waals surface area contributed by atoms with Crippen molar-refractivity contribution in [2.75, 3.05) is 11.9 Å². The fourth-order valence-corrected chi connectivity index (χ4v) is 4.43. The zero-order valence-electron chi connectivity index (χ0n) is 13.6. The molecule has 8 heteroatoms. The molecule has 2 aromatic heterocycles. The quantitative estimate of drug-likeness (QED) is 0.581. The van der Waals surface area contributed by atoms with Crippen LogP contribution in [0.3, 0.4) is 0 Å².